The van der Waals surface area contributed by atoms with E-state index in [-0.39, 0.29) is 30.2 Å². The Kier molecular flexibility index (Phi) is 11.8. The van der Waals surface area contributed by atoms with Crippen LogP contribution in [0.25, 0.3) is 16.5 Å². The topological polar surface area (TPSA) is 82.8 Å². The molecule has 0 spiro atoms. The molecule has 1 saturated heterocycles. The molecule has 3 unspecified atom stereocenters. The Hall–Kier alpha value is -5.88. The molecule has 7 nitrogen and oxygen atoms in total. The summed E-state index contributed by atoms with van der Waals surface area (Å²) in [6.07, 6.45) is 19.1. The van der Waals surface area contributed by atoms with E-state index in [1.807, 2.05) is 67.5 Å². The standard InChI is InChI=1S/C49H50FN5O2/c1-5-17-43(35(3)6-2)49(40-20-9-7-10-21-40,41-22-11-8-12-23-41)55-45-26-25-38(31-42(45)46(52-55)37-19-15-28-51-36(4)30-37)47(57)53-54-29-16-27-48(33-54,34-56)32-39-18-13-14-24-44(39)50/h2,5,7-14,17-26,28,30-31,35,43,56H,15-16,27,29,32-34H2,1,3-4H3,(H,53,57). The van der Waals surface area contributed by atoms with E-state index >= 15 is 0 Å². The lowest BCUT2D eigenvalue weighted by atomic mass is 9.68. The number of rotatable bonds is 12. The first-order valence-corrected chi connectivity index (χ1v) is 19.8. The molecule has 3 atom stereocenters. The highest BCUT2D eigenvalue weighted by Crippen LogP contribution is 2.47. The number of aliphatic hydroxyl groups is 1. The molecule has 5 aromatic rings. The molecule has 0 aliphatic carbocycles. The minimum Gasteiger partial charge on any atom is -0.396 e. The van der Waals surface area contributed by atoms with Gasteiger partial charge in [-0.2, -0.15) is 5.10 Å². The maximum absolute atomic E-state index is 14.7. The molecular weight excluding hydrogens is 710 g/mol. The van der Waals surface area contributed by atoms with Gasteiger partial charge in [0.25, 0.3) is 5.91 Å². The number of allylic oxidation sites excluding steroid dienone is 6. The summed E-state index contributed by atoms with van der Waals surface area (Å²) in [6, 6.07) is 33.3. The third-order valence-corrected chi connectivity index (χ3v) is 11.5. The molecule has 4 aromatic carbocycles. The van der Waals surface area contributed by atoms with Crippen LogP contribution in [0.3, 0.4) is 0 Å². The second-order valence-corrected chi connectivity index (χ2v) is 15.4. The van der Waals surface area contributed by atoms with Crippen LogP contribution in [0.15, 0.2) is 138 Å². The fourth-order valence-corrected chi connectivity index (χ4v) is 8.79. The Balaban J connectivity index is 1.38. The summed E-state index contributed by atoms with van der Waals surface area (Å²) in [7, 11) is 0. The van der Waals surface area contributed by atoms with Crippen molar-refractivity contribution in [2.24, 2.45) is 22.2 Å². The van der Waals surface area contributed by atoms with Crippen molar-refractivity contribution >= 4 is 28.6 Å². The van der Waals surface area contributed by atoms with E-state index in [1.165, 1.54) is 6.07 Å². The fourth-order valence-electron chi connectivity index (χ4n) is 8.79. The second-order valence-electron chi connectivity index (χ2n) is 15.4. The first kappa shape index (κ1) is 39.4. The van der Waals surface area contributed by atoms with E-state index in [0.717, 1.165) is 51.8 Å². The minimum atomic E-state index is -0.901. The molecule has 57 heavy (non-hydrogen) atoms. The van der Waals surface area contributed by atoms with Gasteiger partial charge in [0.2, 0.25) is 0 Å². The number of nitrogens with zero attached hydrogens (tertiary/aromatic N) is 4. The summed E-state index contributed by atoms with van der Waals surface area (Å²) in [5.41, 5.74) is 8.05. The largest absolute Gasteiger partial charge is 0.396 e. The maximum Gasteiger partial charge on any atom is 0.265 e. The van der Waals surface area contributed by atoms with Crippen molar-refractivity contribution in [2.75, 3.05) is 19.7 Å². The number of halogens is 1. The van der Waals surface area contributed by atoms with E-state index in [1.54, 1.807) is 12.1 Å². The summed E-state index contributed by atoms with van der Waals surface area (Å²) < 4.78 is 16.9. The van der Waals surface area contributed by atoms with E-state index in [9.17, 15) is 14.3 Å². The first-order chi connectivity index (χ1) is 27.7. The molecule has 0 bridgehead atoms. The van der Waals surface area contributed by atoms with Crippen molar-refractivity contribution < 1.29 is 14.3 Å². The monoisotopic (exact) mass is 759 g/mol. The number of aliphatic hydroxyl groups excluding tert-OH is 1. The average molecular weight is 760 g/mol. The number of piperidine rings is 1. The highest BCUT2D eigenvalue weighted by atomic mass is 19.1. The number of carbonyl (C=O) groups excluding carboxylic acids is 1. The lowest BCUT2D eigenvalue weighted by Gasteiger charge is -2.43. The molecule has 290 valence electrons. The lowest BCUT2D eigenvalue weighted by molar-refractivity contribution is 0.00815. The normalized spacial score (nSPS) is 18.7. The Morgan fingerprint density at radius 3 is 2.42 bits per heavy atom. The summed E-state index contributed by atoms with van der Waals surface area (Å²) in [4.78, 5) is 18.8. The number of hydrogen-bond donors (Lipinski definition) is 2. The molecule has 1 amide bonds. The molecule has 0 saturated carbocycles. The van der Waals surface area contributed by atoms with E-state index < -0.39 is 11.0 Å². The van der Waals surface area contributed by atoms with E-state index in [2.05, 4.69) is 94.7 Å². The molecule has 2 N–H and O–H groups in total. The maximum atomic E-state index is 14.7. The number of benzene rings is 4. The zero-order valence-electron chi connectivity index (χ0n) is 32.9. The molecule has 3 heterocycles. The van der Waals surface area contributed by atoms with Gasteiger partial charge in [-0.15, -0.1) is 12.3 Å². The highest BCUT2D eigenvalue weighted by molar-refractivity contribution is 6.01. The van der Waals surface area contributed by atoms with Crippen molar-refractivity contribution in [1.29, 1.82) is 0 Å². The molecule has 1 fully saturated rings. The number of aromatic nitrogens is 2. The van der Waals surface area contributed by atoms with Crippen molar-refractivity contribution in [3.8, 4) is 12.3 Å². The van der Waals surface area contributed by atoms with Gasteiger partial charge in [-0.1, -0.05) is 104 Å². The van der Waals surface area contributed by atoms with Crippen molar-refractivity contribution in [3.05, 3.63) is 167 Å². The molecule has 2 aliphatic heterocycles. The third-order valence-electron chi connectivity index (χ3n) is 11.5. The van der Waals surface area contributed by atoms with Crippen LogP contribution in [-0.4, -0.2) is 51.7 Å². The number of terminal acetylenes is 1. The summed E-state index contributed by atoms with van der Waals surface area (Å²) in [6.45, 7) is 6.96. The lowest BCUT2D eigenvalue weighted by Crippen LogP contribution is -2.53. The predicted molar refractivity (Wildman–Crippen MR) is 228 cm³/mol. The van der Waals surface area contributed by atoms with Crippen LogP contribution in [0.4, 0.5) is 4.39 Å². The third kappa shape index (κ3) is 7.78. The van der Waals surface area contributed by atoms with Crippen molar-refractivity contribution in [1.82, 2.24) is 20.2 Å². The van der Waals surface area contributed by atoms with Gasteiger partial charge in [0.1, 0.15) is 11.4 Å². The van der Waals surface area contributed by atoms with Gasteiger partial charge in [0.05, 0.1) is 17.8 Å². The summed E-state index contributed by atoms with van der Waals surface area (Å²) in [5.74, 6) is 2.08. The fraction of sp³-hybridized carbons (Fsp3) is 0.286. The van der Waals surface area contributed by atoms with Gasteiger partial charge in [0, 0.05) is 65.2 Å². The zero-order valence-corrected chi connectivity index (χ0v) is 32.9. The van der Waals surface area contributed by atoms with Crippen molar-refractivity contribution in [3.63, 3.8) is 0 Å². The van der Waals surface area contributed by atoms with Crippen LogP contribution in [0, 0.1) is 35.4 Å². The SMILES string of the molecule is C#CC(C)C(C=CC)C(c1ccccc1)(c1ccccc1)n1nc(C2=CCC=NC(C)=C2)c2cc(C(=O)NN3CCCC(CO)(Cc4ccccc4F)C3)ccc21. The van der Waals surface area contributed by atoms with Crippen LogP contribution < -0.4 is 5.43 Å². The van der Waals surface area contributed by atoms with Gasteiger partial charge in [-0.05, 0) is 80.1 Å². The average Bonchev–Trinajstić information content (AvgIpc) is 3.48. The number of aliphatic imine (C=N–C) groups is 1. The van der Waals surface area contributed by atoms with Crippen molar-refractivity contribution in [2.45, 2.75) is 52.0 Å². The van der Waals surface area contributed by atoms with Crippen LogP contribution in [-0.2, 0) is 12.0 Å². The predicted octanol–water partition coefficient (Wildman–Crippen LogP) is 9.15. The van der Waals surface area contributed by atoms with Crippen LogP contribution in [0.5, 0.6) is 0 Å². The molecule has 1 aromatic heterocycles. The molecule has 0 radical (unpaired) electrons. The molecule has 7 rings (SSSR count). The van der Waals surface area contributed by atoms with Gasteiger partial charge >= 0.3 is 0 Å². The zero-order chi connectivity index (χ0) is 40.0. The summed E-state index contributed by atoms with van der Waals surface area (Å²) in [5, 5.41) is 18.9. The Morgan fingerprint density at radius 1 is 1.05 bits per heavy atom. The number of hydrogen-bond acceptors (Lipinski definition) is 5. The molecular formula is C49H50FN5O2. The highest BCUT2D eigenvalue weighted by Gasteiger charge is 2.47. The van der Waals surface area contributed by atoms with E-state index in [0.29, 0.717) is 37.1 Å². The van der Waals surface area contributed by atoms with Gasteiger partial charge in [-0.25, -0.2) is 14.1 Å². The Bertz CT molecular complexity index is 2350. The second kappa shape index (κ2) is 17.1. The van der Waals surface area contributed by atoms with Crippen LogP contribution in [0.2, 0.25) is 0 Å². The quantitative estimate of drug-likeness (QED) is 0.0983. The Labute approximate surface area is 335 Å². The van der Waals surface area contributed by atoms with Gasteiger partial charge < -0.3 is 5.11 Å². The number of amides is 1. The minimum absolute atomic E-state index is 0.120. The number of nitrogens with one attached hydrogen (secondary N) is 1. The number of hydrazine groups is 1. The molecule has 2 aliphatic rings. The molecule has 8 heteroatoms. The smallest absolute Gasteiger partial charge is 0.265 e. The van der Waals surface area contributed by atoms with Gasteiger partial charge in [0.15, 0.2) is 0 Å². The van der Waals surface area contributed by atoms with E-state index in [4.69, 9.17) is 11.5 Å². The van der Waals surface area contributed by atoms with Gasteiger partial charge in [-0.3, -0.25) is 15.2 Å². The first-order valence-electron chi connectivity index (χ1n) is 19.8. The van der Waals surface area contributed by atoms with Crippen LogP contribution >= 0.6 is 0 Å². The number of carbonyl (C=O) groups is 1. The summed E-state index contributed by atoms with van der Waals surface area (Å²) >= 11 is 0. The Morgan fingerprint density at radius 2 is 1.75 bits per heavy atom. The van der Waals surface area contributed by atoms with Crippen LogP contribution in [0.1, 0.15) is 72.8 Å². The number of fused-ring (bicyclic) bond motifs is 1.